The van der Waals surface area contributed by atoms with Crippen molar-refractivity contribution in [3.63, 3.8) is 0 Å². The Kier molecular flexibility index (Phi) is 7.67. The lowest BCUT2D eigenvalue weighted by Crippen LogP contribution is -2.59. The highest BCUT2D eigenvalue weighted by atomic mass is 16.5. The minimum Gasteiger partial charge on any atom is -0.466 e. The van der Waals surface area contributed by atoms with Crippen LogP contribution in [-0.4, -0.2) is 58.7 Å². The van der Waals surface area contributed by atoms with E-state index in [9.17, 15) is 9.59 Å². The number of rotatable bonds is 6. The van der Waals surface area contributed by atoms with Crippen molar-refractivity contribution in [1.29, 1.82) is 0 Å². The van der Waals surface area contributed by atoms with Crippen LogP contribution in [0.2, 0.25) is 0 Å². The smallest absolute Gasteiger partial charge is 0.330 e. The third kappa shape index (κ3) is 6.19. The fraction of sp³-hybridized carbons (Fsp3) is 0.286. The first kappa shape index (κ1) is 24.3. The number of hydrogen-bond donors (Lipinski definition) is 1. The highest BCUT2D eigenvalue weighted by Crippen LogP contribution is 2.21. The van der Waals surface area contributed by atoms with Gasteiger partial charge in [-0.05, 0) is 61.4 Å². The van der Waals surface area contributed by atoms with Crippen LogP contribution < -0.4 is 5.32 Å². The van der Waals surface area contributed by atoms with E-state index in [2.05, 4.69) is 40.9 Å². The zero-order chi connectivity index (χ0) is 24.8. The number of carbonyl (C=O) groups excluding carboxylic acids is 2. The molecule has 2 heterocycles. The Balaban J connectivity index is 1.34. The summed E-state index contributed by atoms with van der Waals surface area (Å²) in [5.74, 6) is -0.368. The molecule has 1 aliphatic heterocycles. The van der Waals surface area contributed by atoms with E-state index >= 15 is 0 Å². The molecule has 0 aliphatic carbocycles. The lowest BCUT2D eigenvalue weighted by molar-refractivity contribution is -0.134. The van der Waals surface area contributed by atoms with Crippen LogP contribution in [0.3, 0.4) is 0 Å². The summed E-state index contributed by atoms with van der Waals surface area (Å²) >= 11 is 0. The summed E-state index contributed by atoms with van der Waals surface area (Å²) in [4.78, 5) is 28.8. The SMILES string of the molecule is COC(=O)/C=C/c1ccc(CN2C[C@@H](C)N(C(=O)Nc3cccc(-n4cccc4)c3)[C@@H](C)C2)cc1. The number of carbonyl (C=O) groups is 2. The van der Waals surface area contributed by atoms with Gasteiger partial charge in [0.15, 0.2) is 0 Å². The Morgan fingerprint density at radius 1 is 1.00 bits per heavy atom. The molecule has 0 spiro atoms. The molecular formula is C28H32N4O3. The molecule has 7 heteroatoms. The number of esters is 1. The molecule has 0 saturated carbocycles. The zero-order valence-corrected chi connectivity index (χ0v) is 20.4. The molecule has 4 rings (SSSR count). The highest BCUT2D eigenvalue weighted by molar-refractivity contribution is 5.90. The average molecular weight is 473 g/mol. The molecule has 0 radical (unpaired) electrons. The van der Waals surface area contributed by atoms with E-state index in [1.807, 2.05) is 70.4 Å². The van der Waals surface area contributed by atoms with Gasteiger partial charge in [-0.3, -0.25) is 4.90 Å². The maximum absolute atomic E-state index is 13.2. The highest BCUT2D eigenvalue weighted by Gasteiger charge is 2.32. The molecule has 2 amide bonds. The van der Waals surface area contributed by atoms with Crippen molar-refractivity contribution in [3.8, 4) is 5.69 Å². The first-order chi connectivity index (χ1) is 16.9. The van der Waals surface area contributed by atoms with Crippen LogP contribution in [0.5, 0.6) is 0 Å². The Bertz CT molecular complexity index is 1160. The first-order valence-electron chi connectivity index (χ1n) is 11.8. The third-order valence-electron chi connectivity index (χ3n) is 6.23. The second-order valence-electron chi connectivity index (χ2n) is 8.97. The first-order valence-corrected chi connectivity index (χ1v) is 11.8. The lowest BCUT2D eigenvalue weighted by atomic mass is 10.1. The number of urea groups is 1. The van der Waals surface area contributed by atoms with Crippen LogP contribution in [-0.2, 0) is 16.1 Å². The molecule has 3 aromatic rings. The maximum Gasteiger partial charge on any atom is 0.330 e. The Morgan fingerprint density at radius 2 is 1.69 bits per heavy atom. The lowest BCUT2D eigenvalue weighted by Gasteiger charge is -2.44. The van der Waals surface area contributed by atoms with Crippen LogP contribution in [0.4, 0.5) is 10.5 Å². The predicted octanol–water partition coefficient (Wildman–Crippen LogP) is 4.79. The molecule has 0 unspecified atom stereocenters. The molecule has 1 N–H and O–H groups in total. The number of nitrogens with zero attached hydrogens (tertiary/aromatic N) is 3. The molecule has 0 bridgehead atoms. The van der Waals surface area contributed by atoms with E-state index < -0.39 is 0 Å². The third-order valence-corrected chi connectivity index (χ3v) is 6.23. The Hall–Kier alpha value is -3.84. The summed E-state index contributed by atoms with van der Waals surface area (Å²) in [6.07, 6.45) is 7.12. The summed E-state index contributed by atoms with van der Waals surface area (Å²) < 4.78 is 6.65. The van der Waals surface area contributed by atoms with Crippen molar-refractivity contribution in [2.75, 3.05) is 25.5 Å². The molecule has 1 saturated heterocycles. The number of nitrogens with one attached hydrogen (secondary N) is 1. The van der Waals surface area contributed by atoms with Gasteiger partial charge in [0.2, 0.25) is 0 Å². The molecular weight excluding hydrogens is 440 g/mol. The number of benzene rings is 2. The number of ether oxygens (including phenoxy) is 1. The summed E-state index contributed by atoms with van der Waals surface area (Å²) in [5, 5.41) is 3.09. The number of anilines is 1. The zero-order valence-electron chi connectivity index (χ0n) is 20.4. The number of aromatic nitrogens is 1. The minimum absolute atomic E-state index is 0.0731. The summed E-state index contributed by atoms with van der Waals surface area (Å²) in [7, 11) is 1.36. The van der Waals surface area contributed by atoms with Crippen LogP contribution in [0.15, 0.2) is 79.1 Å². The summed E-state index contributed by atoms with van der Waals surface area (Å²) in [5.41, 5.74) is 3.93. The fourth-order valence-electron chi connectivity index (χ4n) is 4.63. The second-order valence-corrected chi connectivity index (χ2v) is 8.97. The standard InChI is InChI=1S/C28H32N4O3/c1-21-18-30(20-24-11-9-23(10-12-24)13-14-27(33)35-3)19-22(2)32(21)28(34)29-25-7-6-8-26(17-25)31-15-4-5-16-31/h4-17,21-22H,18-20H2,1-3H3,(H,29,34)/b14-13+/t21-,22+. The van der Waals surface area contributed by atoms with Gasteiger partial charge in [-0.25, -0.2) is 9.59 Å². The van der Waals surface area contributed by atoms with Crippen molar-refractivity contribution in [2.45, 2.75) is 32.5 Å². The molecule has 35 heavy (non-hydrogen) atoms. The van der Waals surface area contributed by atoms with Gasteiger partial charge in [-0.2, -0.15) is 0 Å². The quantitative estimate of drug-likeness (QED) is 0.414. The van der Waals surface area contributed by atoms with Crippen LogP contribution >= 0.6 is 0 Å². The van der Waals surface area contributed by atoms with E-state index in [0.717, 1.165) is 36.6 Å². The minimum atomic E-state index is -0.368. The normalized spacial score (nSPS) is 18.5. The predicted molar refractivity (Wildman–Crippen MR) is 138 cm³/mol. The van der Waals surface area contributed by atoms with Crippen LogP contribution in [0.1, 0.15) is 25.0 Å². The van der Waals surface area contributed by atoms with Gasteiger partial charge in [0.1, 0.15) is 0 Å². The summed E-state index contributed by atoms with van der Waals surface area (Å²) in [6.45, 7) is 6.60. The molecule has 1 fully saturated rings. The van der Waals surface area contributed by atoms with E-state index in [-0.39, 0.29) is 24.1 Å². The number of methoxy groups -OCH3 is 1. The number of piperazine rings is 1. The molecule has 2 atom stereocenters. The second kappa shape index (κ2) is 11.1. The van der Waals surface area contributed by atoms with E-state index in [0.29, 0.717) is 0 Å². The van der Waals surface area contributed by atoms with E-state index in [1.165, 1.54) is 18.7 Å². The van der Waals surface area contributed by atoms with E-state index in [1.54, 1.807) is 6.08 Å². The van der Waals surface area contributed by atoms with Gasteiger partial charge in [-0.1, -0.05) is 30.3 Å². The largest absolute Gasteiger partial charge is 0.466 e. The number of hydrogen-bond acceptors (Lipinski definition) is 4. The van der Waals surface area contributed by atoms with Crippen molar-refractivity contribution in [2.24, 2.45) is 0 Å². The molecule has 2 aromatic carbocycles. The van der Waals surface area contributed by atoms with Gasteiger partial charge in [0.05, 0.1) is 7.11 Å². The molecule has 182 valence electrons. The van der Waals surface area contributed by atoms with Crippen LogP contribution in [0.25, 0.3) is 11.8 Å². The molecule has 1 aliphatic rings. The Labute approximate surface area is 206 Å². The monoisotopic (exact) mass is 472 g/mol. The van der Waals surface area contributed by atoms with Crippen molar-refractivity contribution in [1.82, 2.24) is 14.4 Å². The van der Waals surface area contributed by atoms with E-state index in [4.69, 9.17) is 0 Å². The fourth-order valence-corrected chi connectivity index (χ4v) is 4.63. The van der Waals surface area contributed by atoms with Gasteiger partial charge in [0, 0.05) is 61.6 Å². The molecule has 1 aromatic heterocycles. The van der Waals surface area contributed by atoms with Gasteiger partial charge < -0.3 is 19.5 Å². The van der Waals surface area contributed by atoms with Crippen molar-refractivity contribution >= 4 is 23.8 Å². The maximum atomic E-state index is 13.2. The molecule has 7 nitrogen and oxygen atoms in total. The summed E-state index contributed by atoms with van der Waals surface area (Å²) in [6, 6.07) is 20.0. The Morgan fingerprint density at radius 3 is 2.34 bits per heavy atom. The van der Waals surface area contributed by atoms with Crippen molar-refractivity contribution in [3.05, 3.63) is 90.3 Å². The average Bonchev–Trinajstić information content (AvgIpc) is 3.38. The van der Waals surface area contributed by atoms with Crippen molar-refractivity contribution < 1.29 is 14.3 Å². The topological polar surface area (TPSA) is 66.8 Å². The number of amides is 2. The van der Waals surface area contributed by atoms with Gasteiger partial charge in [-0.15, -0.1) is 0 Å². The van der Waals surface area contributed by atoms with Gasteiger partial charge >= 0.3 is 12.0 Å². The van der Waals surface area contributed by atoms with Gasteiger partial charge in [0.25, 0.3) is 0 Å². The van der Waals surface area contributed by atoms with Crippen LogP contribution in [0, 0.1) is 0 Å².